The molecule has 0 amide bonds. The van der Waals surface area contributed by atoms with Crippen molar-refractivity contribution in [2.45, 2.75) is 0 Å². The molecule has 0 unspecified atom stereocenters. The van der Waals surface area contributed by atoms with Gasteiger partial charge in [-0.25, -0.2) is 8.78 Å². The van der Waals surface area contributed by atoms with Crippen LogP contribution in [-0.2, 0) is 0 Å². The van der Waals surface area contributed by atoms with E-state index < -0.39 is 11.6 Å². The molecule has 0 bridgehead atoms. The van der Waals surface area contributed by atoms with Crippen molar-refractivity contribution in [1.82, 2.24) is 0 Å². The van der Waals surface area contributed by atoms with Crippen LogP contribution in [0.25, 0.3) is 0 Å². The van der Waals surface area contributed by atoms with Crippen molar-refractivity contribution in [2.75, 3.05) is 6.61 Å². The molecule has 3 heteroatoms. The molecule has 1 rings (SSSR count). The number of ether oxygens (including phenoxy) is 1. The van der Waals surface area contributed by atoms with Crippen molar-refractivity contribution < 1.29 is 13.5 Å². The molecule has 1 nitrogen and oxygen atoms in total. The second kappa shape index (κ2) is 3.85. The summed E-state index contributed by atoms with van der Waals surface area (Å²) in [6.45, 7) is 3.51. The Morgan fingerprint density at radius 1 is 1.50 bits per heavy atom. The summed E-state index contributed by atoms with van der Waals surface area (Å²) in [7, 11) is 0. The zero-order valence-electron chi connectivity index (χ0n) is 6.31. The fourth-order valence-corrected chi connectivity index (χ4v) is 0.679. The van der Waals surface area contributed by atoms with Crippen LogP contribution < -0.4 is 4.74 Å². The molecule has 0 N–H and O–H groups in total. The molecule has 1 aromatic carbocycles. The highest BCUT2D eigenvalue weighted by molar-refractivity contribution is 5.23. The van der Waals surface area contributed by atoms with Gasteiger partial charge >= 0.3 is 0 Å². The Morgan fingerprint density at radius 3 is 2.92 bits per heavy atom. The Hall–Kier alpha value is -1.38. The topological polar surface area (TPSA) is 9.23 Å². The third-order valence-electron chi connectivity index (χ3n) is 1.17. The number of halogens is 2. The van der Waals surface area contributed by atoms with Gasteiger partial charge in [0.1, 0.15) is 12.4 Å². The van der Waals surface area contributed by atoms with Gasteiger partial charge in [-0.15, -0.1) is 0 Å². The van der Waals surface area contributed by atoms with Crippen LogP contribution in [0.2, 0.25) is 0 Å². The Bertz CT molecular complexity index is 284. The maximum atomic E-state index is 12.7. The summed E-state index contributed by atoms with van der Waals surface area (Å²) < 4.78 is 30.0. The number of benzene rings is 1. The number of rotatable bonds is 3. The lowest BCUT2D eigenvalue weighted by atomic mass is 10.3. The lowest BCUT2D eigenvalue weighted by molar-refractivity contribution is 0.338. The van der Waals surface area contributed by atoms with E-state index in [1.54, 1.807) is 0 Å². The maximum absolute atomic E-state index is 12.7. The van der Waals surface area contributed by atoms with E-state index in [1.807, 2.05) is 0 Å². The molecule has 0 aliphatic heterocycles. The normalized spacial score (nSPS) is 9.50. The van der Waals surface area contributed by atoms with Gasteiger partial charge in [-0.1, -0.05) is 12.7 Å². The van der Waals surface area contributed by atoms with E-state index in [0.717, 1.165) is 12.1 Å². The van der Waals surface area contributed by atoms with Gasteiger partial charge in [-0.05, 0) is 12.1 Å². The van der Waals surface area contributed by atoms with Crippen LogP contribution in [0.4, 0.5) is 8.78 Å². The lowest BCUT2D eigenvalue weighted by Crippen LogP contribution is -1.96. The van der Waals surface area contributed by atoms with Crippen molar-refractivity contribution in [2.24, 2.45) is 0 Å². The van der Waals surface area contributed by atoms with Gasteiger partial charge in [0.25, 0.3) is 0 Å². The molecule has 0 atom stereocenters. The summed E-state index contributed by atoms with van der Waals surface area (Å²) in [6.07, 6.45) is 1.44. The van der Waals surface area contributed by atoms with Crippen LogP contribution in [0.15, 0.2) is 24.8 Å². The van der Waals surface area contributed by atoms with E-state index in [9.17, 15) is 8.78 Å². The summed E-state index contributed by atoms with van der Waals surface area (Å²) >= 11 is 0. The zero-order chi connectivity index (χ0) is 8.97. The highest BCUT2D eigenvalue weighted by Crippen LogP contribution is 2.16. The monoisotopic (exact) mass is 169 g/mol. The first-order chi connectivity index (χ1) is 5.74. The Labute approximate surface area is 69.3 Å². The summed E-state index contributed by atoms with van der Waals surface area (Å²) in [4.78, 5) is 0. The third kappa shape index (κ3) is 2.05. The van der Waals surface area contributed by atoms with Crippen LogP contribution >= 0.6 is 0 Å². The molecule has 0 spiro atoms. The van der Waals surface area contributed by atoms with Gasteiger partial charge in [0.15, 0.2) is 11.6 Å². The summed E-state index contributed by atoms with van der Waals surface area (Å²) in [5, 5.41) is 0. The third-order valence-corrected chi connectivity index (χ3v) is 1.17. The largest absolute Gasteiger partial charge is 0.486 e. The number of hydrogen-bond acceptors (Lipinski definition) is 1. The zero-order valence-corrected chi connectivity index (χ0v) is 6.31. The minimum atomic E-state index is -0.643. The fraction of sp³-hybridized carbons (Fsp3) is 0.111. The van der Waals surface area contributed by atoms with Crippen LogP contribution in [0, 0.1) is 17.7 Å². The predicted octanol–water partition coefficient (Wildman–Crippen LogP) is 2.33. The van der Waals surface area contributed by atoms with Gasteiger partial charge in [0.2, 0.25) is 0 Å². The molecular formula is C9H7F2O. The molecule has 0 heterocycles. The maximum Gasteiger partial charge on any atom is 0.166 e. The molecule has 1 radical (unpaired) electrons. The quantitative estimate of drug-likeness (QED) is 0.631. The van der Waals surface area contributed by atoms with E-state index in [1.165, 1.54) is 6.08 Å². The van der Waals surface area contributed by atoms with Crippen molar-refractivity contribution in [3.05, 3.63) is 42.5 Å². The van der Waals surface area contributed by atoms with E-state index in [2.05, 4.69) is 12.6 Å². The Balaban J connectivity index is 2.82. The SMILES string of the molecule is C=CCOc1[c]c(F)ccc1F. The second-order valence-corrected chi connectivity index (χ2v) is 2.08. The average molecular weight is 169 g/mol. The minimum Gasteiger partial charge on any atom is -0.486 e. The Kier molecular flexibility index (Phi) is 2.80. The molecule has 0 saturated carbocycles. The van der Waals surface area contributed by atoms with Crippen molar-refractivity contribution in [3.63, 3.8) is 0 Å². The fourth-order valence-electron chi connectivity index (χ4n) is 0.679. The van der Waals surface area contributed by atoms with Gasteiger partial charge in [0.05, 0.1) is 6.07 Å². The van der Waals surface area contributed by atoms with Gasteiger partial charge < -0.3 is 4.74 Å². The molecule has 0 aliphatic carbocycles. The van der Waals surface area contributed by atoms with Crippen LogP contribution in [0.3, 0.4) is 0 Å². The molecule has 0 aromatic heterocycles. The first-order valence-corrected chi connectivity index (χ1v) is 3.35. The highest BCUT2D eigenvalue weighted by atomic mass is 19.1. The first-order valence-electron chi connectivity index (χ1n) is 3.35. The van der Waals surface area contributed by atoms with Crippen molar-refractivity contribution in [3.8, 4) is 5.75 Å². The van der Waals surface area contributed by atoms with Crippen molar-refractivity contribution in [1.29, 1.82) is 0 Å². The van der Waals surface area contributed by atoms with Gasteiger partial charge in [-0.3, -0.25) is 0 Å². The molecule has 63 valence electrons. The first kappa shape index (κ1) is 8.71. The van der Waals surface area contributed by atoms with Gasteiger partial charge in [-0.2, -0.15) is 0 Å². The minimum absolute atomic E-state index is 0.136. The molecule has 1 aromatic rings. The number of hydrogen-bond donors (Lipinski definition) is 0. The Morgan fingerprint density at radius 2 is 2.25 bits per heavy atom. The van der Waals surface area contributed by atoms with Gasteiger partial charge in [0, 0.05) is 0 Å². The van der Waals surface area contributed by atoms with E-state index in [0.29, 0.717) is 0 Å². The molecule has 0 saturated heterocycles. The summed E-state index contributed by atoms with van der Waals surface area (Å²) in [5.74, 6) is -1.48. The standard InChI is InChI=1S/C9H7F2O/c1-2-5-12-9-6-7(10)3-4-8(9)11/h2-4H,1,5H2. The summed E-state index contributed by atoms with van der Waals surface area (Å²) in [5.41, 5.74) is 0. The van der Waals surface area contributed by atoms with Crippen LogP contribution in [0.5, 0.6) is 5.75 Å². The van der Waals surface area contributed by atoms with E-state index in [4.69, 9.17) is 4.74 Å². The van der Waals surface area contributed by atoms with E-state index in [-0.39, 0.29) is 12.4 Å². The molecular weight excluding hydrogens is 162 g/mol. The second-order valence-electron chi connectivity index (χ2n) is 2.08. The van der Waals surface area contributed by atoms with Crippen molar-refractivity contribution >= 4 is 0 Å². The molecule has 0 fully saturated rings. The molecule has 12 heavy (non-hydrogen) atoms. The van der Waals surface area contributed by atoms with Crippen LogP contribution in [0.1, 0.15) is 0 Å². The lowest BCUT2D eigenvalue weighted by Gasteiger charge is -2.02. The smallest absolute Gasteiger partial charge is 0.166 e. The van der Waals surface area contributed by atoms with E-state index >= 15 is 0 Å². The average Bonchev–Trinajstić information content (AvgIpc) is 2.07. The molecule has 0 aliphatic rings. The highest BCUT2D eigenvalue weighted by Gasteiger charge is 2.03. The predicted molar refractivity (Wildman–Crippen MR) is 40.9 cm³/mol. The van der Waals surface area contributed by atoms with Crippen LogP contribution in [-0.4, -0.2) is 6.61 Å². The summed E-state index contributed by atoms with van der Waals surface area (Å²) in [6, 6.07) is 4.07.